The number of nitrogens with zero attached hydrogens (tertiary/aromatic N) is 2. The Bertz CT molecular complexity index is 1350. The number of ketones is 1. The molecule has 1 unspecified atom stereocenters. The van der Waals surface area contributed by atoms with Crippen molar-refractivity contribution in [2.75, 3.05) is 12.0 Å². The van der Waals surface area contributed by atoms with Crippen LogP contribution in [0.25, 0.3) is 10.9 Å². The number of carbonyl (C=O) groups excluding carboxylic acids is 1. The maximum atomic E-state index is 13.8. The van der Waals surface area contributed by atoms with E-state index in [1.165, 1.54) is 6.26 Å². The topological polar surface area (TPSA) is 43.7 Å². The summed E-state index contributed by atoms with van der Waals surface area (Å²) in [6, 6.07) is 22.8. The van der Waals surface area contributed by atoms with Crippen molar-refractivity contribution >= 4 is 45.6 Å². The van der Waals surface area contributed by atoms with Gasteiger partial charge >= 0.3 is 0 Å². The van der Waals surface area contributed by atoms with Crippen molar-refractivity contribution in [2.45, 2.75) is 12.8 Å². The summed E-state index contributed by atoms with van der Waals surface area (Å²) in [4.78, 5) is 15.6. The Morgan fingerprint density at radius 2 is 1.79 bits per heavy atom. The van der Waals surface area contributed by atoms with Gasteiger partial charge in [-0.3, -0.25) is 4.79 Å². The summed E-state index contributed by atoms with van der Waals surface area (Å²) < 4.78 is 13.1. The molecule has 5 rings (SSSR count). The number of Topliss-reactive ketones (excluding diaryl/α,β-unsaturated/α-hetero) is 1. The number of anilines is 1. The van der Waals surface area contributed by atoms with E-state index in [-0.39, 0.29) is 5.78 Å². The van der Waals surface area contributed by atoms with Crippen LogP contribution in [0.15, 0.2) is 85.3 Å². The van der Waals surface area contributed by atoms with Gasteiger partial charge < -0.3 is 18.9 Å². The van der Waals surface area contributed by atoms with Crippen LogP contribution in [0, 0.1) is 0 Å². The van der Waals surface area contributed by atoms with Crippen molar-refractivity contribution in [1.82, 2.24) is 4.57 Å². The lowest BCUT2D eigenvalue weighted by Crippen LogP contribution is -2.35. The zero-order chi connectivity index (χ0) is 22.9. The highest BCUT2D eigenvalue weighted by atomic mass is 35.5. The van der Waals surface area contributed by atoms with Gasteiger partial charge in [-0.2, -0.15) is 0 Å². The number of para-hydroxylation sites is 1. The first-order chi connectivity index (χ1) is 16.1. The van der Waals surface area contributed by atoms with Crippen LogP contribution >= 0.6 is 23.2 Å². The molecule has 3 aromatic carbocycles. The Morgan fingerprint density at radius 1 is 1.03 bits per heavy atom. The van der Waals surface area contributed by atoms with Gasteiger partial charge in [0.2, 0.25) is 12.0 Å². The highest BCUT2D eigenvalue weighted by Gasteiger charge is 2.34. The zero-order valence-electron chi connectivity index (χ0n) is 17.7. The van der Waals surface area contributed by atoms with E-state index in [1.807, 2.05) is 77.4 Å². The van der Waals surface area contributed by atoms with Gasteiger partial charge in [0.1, 0.15) is 17.2 Å². The van der Waals surface area contributed by atoms with Crippen LogP contribution in [0.4, 0.5) is 5.69 Å². The molecule has 166 valence electrons. The molecule has 0 saturated heterocycles. The number of carbonyl (C=O) groups is 1. The lowest BCUT2D eigenvalue weighted by molar-refractivity contribution is 0.0758. The van der Waals surface area contributed by atoms with Crippen molar-refractivity contribution < 1.29 is 14.3 Å². The summed E-state index contributed by atoms with van der Waals surface area (Å²) in [6.45, 7) is 0.484. The largest absolute Gasteiger partial charge is 0.497 e. The van der Waals surface area contributed by atoms with E-state index in [2.05, 4.69) is 0 Å². The first kappa shape index (κ1) is 21.4. The molecule has 1 aliphatic rings. The first-order valence-corrected chi connectivity index (χ1v) is 11.1. The number of halogens is 2. The van der Waals surface area contributed by atoms with Crippen LogP contribution in [-0.4, -0.2) is 23.7 Å². The van der Waals surface area contributed by atoms with Crippen LogP contribution < -0.4 is 9.64 Å². The average molecular weight is 479 g/mol. The van der Waals surface area contributed by atoms with Gasteiger partial charge in [-0.15, -0.1) is 0 Å². The van der Waals surface area contributed by atoms with Gasteiger partial charge in [0, 0.05) is 28.8 Å². The lowest BCUT2D eigenvalue weighted by Gasteiger charge is -2.23. The second-order valence-corrected chi connectivity index (χ2v) is 8.44. The molecular formula is C26H20Cl2N2O3. The molecule has 1 aromatic heterocycles. The minimum Gasteiger partial charge on any atom is -0.497 e. The molecule has 0 bridgehead atoms. The number of hydrogen-bond acceptors (Lipinski definition) is 4. The minimum absolute atomic E-state index is 0.234. The van der Waals surface area contributed by atoms with E-state index >= 15 is 0 Å². The fraction of sp³-hybridized carbons (Fsp3) is 0.115. The van der Waals surface area contributed by atoms with E-state index in [4.69, 9.17) is 32.7 Å². The Labute approximate surface area is 201 Å². The molecule has 1 atom stereocenters. The smallest absolute Gasteiger partial charge is 0.239 e. The molecule has 5 nitrogen and oxygen atoms in total. The summed E-state index contributed by atoms with van der Waals surface area (Å²) in [5.41, 5.74) is 3.09. The average Bonchev–Trinajstić information content (AvgIpc) is 3.44. The van der Waals surface area contributed by atoms with E-state index < -0.39 is 6.23 Å². The predicted molar refractivity (Wildman–Crippen MR) is 131 cm³/mol. The monoisotopic (exact) mass is 478 g/mol. The Balaban J connectivity index is 1.60. The standard InChI is InChI=1S/C26H20Cl2N2O3/c1-32-20-11-12-22-21(15-20)23(25(28)30(22)16-17-7-9-18(27)10-8-17)24(31)26-29(13-14-33-26)19-5-3-2-4-6-19/h2-15,26H,16H2,1H3. The quantitative estimate of drug-likeness (QED) is 0.295. The normalized spacial score (nSPS) is 15.1. The van der Waals surface area contributed by atoms with Crippen LogP contribution in [-0.2, 0) is 11.3 Å². The fourth-order valence-electron chi connectivity index (χ4n) is 4.04. The lowest BCUT2D eigenvalue weighted by atomic mass is 10.1. The van der Waals surface area contributed by atoms with Crippen molar-refractivity contribution in [3.63, 3.8) is 0 Å². The van der Waals surface area contributed by atoms with Crippen LogP contribution in [0.1, 0.15) is 15.9 Å². The number of aromatic nitrogens is 1. The van der Waals surface area contributed by atoms with Crippen molar-refractivity contribution in [3.8, 4) is 5.75 Å². The van der Waals surface area contributed by atoms with E-state index in [0.717, 1.165) is 16.8 Å². The molecule has 4 aromatic rings. The Kier molecular flexibility index (Phi) is 5.75. The number of methoxy groups -OCH3 is 1. The third-order valence-electron chi connectivity index (χ3n) is 5.67. The maximum Gasteiger partial charge on any atom is 0.239 e. The fourth-order valence-corrected chi connectivity index (χ4v) is 4.51. The number of benzene rings is 3. The summed E-state index contributed by atoms with van der Waals surface area (Å²) in [7, 11) is 1.59. The van der Waals surface area contributed by atoms with Gasteiger partial charge in [-0.25, -0.2) is 0 Å². The Morgan fingerprint density at radius 3 is 2.52 bits per heavy atom. The zero-order valence-corrected chi connectivity index (χ0v) is 19.3. The van der Waals surface area contributed by atoms with Crippen LogP contribution in [0.3, 0.4) is 0 Å². The molecule has 0 N–H and O–H groups in total. The minimum atomic E-state index is -0.856. The molecular weight excluding hydrogens is 459 g/mol. The maximum absolute atomic E-state index is 13.8. The summed E-state index contributed by atoms with van der Waals surface area (Å²) in [6.07, 6.45) is 2.42. The molecule has 7 heteroatoms. The third kappa shape index (κ3) is 3.94. The molecule has 0 amide bonds. The second-order valence-electron chi connectivity index (χ2n) is 7.64. The molecule has 1 aliphatic heterocycles. The van der Waals surface area contributed by atoms with Gasteiger partial charge in [0.15, 0.2) is 0 Å². The van der Waals surface area contributed by atoms with Crippen molar-refractivity contribution in [2.24, 2.45) is 0 Å². The molecule has 0 radical (unpaired) electrons. The molecule has 2 heterocycles. The number of ether oxygens (including phenoxy) is 2. The van der Waals surface area contributed by atoms with E-state index in [9.17, 15) is 4.79 Å². The molecule has 0 saturated carbocycles. The SMILES string of the molecule is COc1ccc2c(c1)c(C(=O)C1OC=CN1c1ccccc1)c(Cl)n2Cc1ccc(Cl)cc1. The number of rotatable bonds is 6. The van der Waals surface area contributed by atoms with Gasteiger partial charge in [-0.05, 0) is 48.0 Å². The Hall–Kier alpha value is -3.41. The highest BCUT2D eigenvalue weighted by Crippen LogP contribution is 2.36. The summed E-state index contributed by atoms with van der Waals surface area (Å²) in [5.74, 6) is 0.407. The van der Waals surface area contributed by atoms with Crippen LogP contribution in [0.5, 0.6) is 5.75 Å². The molecule has 0 spiro atoms. The molecule has 33 heavy (non-hydrogen) atoms. The molecule has 0 aliphatic carbocycles. The number of hydrogen-bond donors (Lipinski definition) is 0. The highest BCUT2D eigenvalue weighted by molar-refractivity contribution is 6.36. The van der Waals surface area contributed by atoms with Crippen molar-refractivity contribution in [3.05, 3.63) is 107 Å². The van der Waals surface area contributed by atoms with E-state index in [0.29, 0.717) is 33.4 Å². The van der Waals surface area contributed by atoms with Crippen molar-refractivity contribution in [1.29, 1.82) is 0 Å². The first-order valence-electron chi connectivity index (χ1n) is 10.4. The van der Waals surface area contributed by atoms with Crippen LogP contribution in [0.2, 0.25) is 10.2 Å². The van der Waals surface area contributed by atoms with E-state index in [1.54, 1.807) is 18.2 Å². The van der Waals surface area contributed by atoms with Gasteiger partial charge in [-0.1, -0.05) is 53.5 Å². The van der Waals surface area contributed by atoms with Gasteiger partial charge in [0.25, 0.3) is 0 Å². The summed E-state index contributed by atoms with van der Waals surface area (Å²) >= 11 is 12.9. The van der Waals surface area contributed by atoms with Gasteiger partial charge in [0.05, 0.1) is 18.2 Å². The third-order valence-corrected chi connectivity index (χ3v) is 6.31. The number of fused-ring (bicyclic) bond motifs is 1. The predicted octanol–water partition coefficient (Wildman–Crippen LogP) is 6.52. The molecule has 0 fully saturated rings. The summed E-state index contributed by atoms with van der Waals surface area (Å²) in [5, 5.41) is 1.72. The second kappa shape index (κ2) is 8.85.